The lowest BCUT2D eigenvalue weighted by Gasteiger charge is -2.23. The molecule has 0 saturated heterocycles. The van der Waals surface area contributed by atoms with Crippen LogP contribution in [0.3, 0.4) is 0 Å². The molecule has 162 valence electrons. The molecule has 1 heterocycles. The lowest BCUT2D eigenvalue weighted by molar-refractivity contribution is 0.592. The van der Waals surface area contributed by atoms with Crippen molar-refractivity contribution in [3.8, 4) is 10.4 Å². The number of fused-ring (bicyclic) bond motifs is 1. The summed E-state index contributed by atoms with van der Waals surface area (Å²) in [6, 6.07) is 32.9. The van der Waals surface area contributed by atoms with E-state index in [9.17, 15) is 4.79 Å². The molecular weight excluding hydrogens is 443 g/mol. The second-order valence-corrected chi connectivity index (χ2v) is 12.0. The molecule has 5 rings (SSSR count). The van der Waals surface area contributed by atoms with Gasteiger partial charge in [-0.3, -0.25) is 4.79 Å². The normalized spacial score (nSPS) is 11.6. The summed E-state index contributed by atoms with van der Waals surface area (Å²) in [6.07, 6.45) is 0. The fraction of sp³-hybridized carbons (Fsp3) is 0.0690. The van der Waals surface area contributed by atoms with Crippen LogP contribution in [0.5, 0.6) is 0 Å². The van der Waals surface area contributed by atoms with Crippen molar-refractivity contribution < 1.29 is 4.57 Å². The first-order valence-electron chi connectivity index (χ1n) is 10.8. The quantitative estimate of drug-likeness (QED) is 0.296. The molecule has 2 nitrogen and oxygen atoms in total. The van der Waals surface area contributed by atoms with Crippen LogP contribution < -0.4 is 21.3 Å². The average Bonchev–Trinajstić information content (AvgIpc) is 2.85. The molecule has 0 N–H and O–H groups in total. The third-order valence-electron chi connectivity index (χ3n) is 5.92. The summed E-state index contributed by atoms with van der Waals surface area (Å²) in [7, 11) is -3.46. The smallest absolute Gasteiger partial charge is 0.200 e. The molecule has 0 bridgehead atoms. The first kappa shape index (κ1) is 21.6. The molecule has 0 aliphatic heterocycles. The highest BCUT2D eigenvalue weighted by molar-refractivity contribution is 7.85. The SMILES string of the molecule is Cc1ccc(P(=O)(c2ccc(C)cc2)c2c(-c3ccccc3)sc3ccccc3c2=O)cc1. The van der Waals surface area contributed by atoms with Gasteiger partial charge in [0.15, 0.2) is 12.6 Å². The van der Waals surface area contributed by atoms with Crippen molar-refractivity contribution in [2.75, 3.05) is 0 Å². The second kappa shape index (κ2) is 8.59. The van der Waals surface area contributed by atoms with E-state index in [1.165, 1.54) is 11.3 Å². The maximum absolute atomic E-state index is 15.3. The Labute approximate surface area is 197 Å². The van der Waals surface area contributed by atoms with Crippen LogP contribution in [-0.2, 0) is 4.57 Å². The molecule has 0 atom stereocenters. The zero-order valence-corrected chi connectivity index (χ0v) is 20.2. The lowest BCUT2D eigenvalue weighted by Crippen LogP contribution is -2.35. The van der Waals surface area contributed by atoms with Gasteiger partial charge in [0.05, 0.1) is 10.2 Å². The number of hydrogen-bond acceptors (Lipinski definition) is 3. The van der Waals surface area contributed by atoms with Gasteiger partial charge >= 0.3 is 0 Å². The summed E-state index contributed by atoms with van der Waals surface area (Å²) < 4.78 is 16.2. The molecule has 0 saturated carbocycles. The van der Waals surface area contributed by atoms with Crippen LogP contribution in [0.4, 0.5) is 0 Å². The van der Waals surface area contributed by atoms with Crippen LogP contribution in [0.2, 0.25) is 0 Å². The van der Waals surface area contributed by atoms with Gasteiger partial charge in [-0.25, -0.2) is 0 Å². The predicted octanol–water partition coefficient (Wildman–Crippen LogP) is 6.18. The average molecular weight is 467 g/mol. The Kier molecular flexibility index (Phi) is 5.62. The van der Waals surface area contributed by atoms with Crippen molar-refractivity contribution in [3.05, 3.63) is 124 Å². The van der Waals surface area contributed by atoms with Crippen molar-refractivity contribution in [1.29, 1.82) is 0 Å². The number of aryl methyl sites for hydroxylation is 2. The van der Waals surface area contributed by atoms with Crippen molar-refractivity contribution in [3.63, 3.8) is 0 Å². The van der Waals surface area contributed by atoms with E-state index in [0.717, 1.165) is 26.3 Å². The molecule has 0 fully saturated rings. The number of rotatable bonds is 4. The van der Waals surface area contributed by atoms with E-state index in [1.54, 1.807) is 0 Å². The van der Waals surface area contributed by atoms with Crippen LogP contribution in [0.15, 0.2) is 108 Å². The molecule has 0 unspecified atom stereocenters. The molecule has 0 radical (unpaired) electrons. The highest BCUT2D eigenvalue weighted by Crippen LogP contribution is 2.46. The molecule has 1 aromatic heterocycles. The molecule has 0 spiro atoms. The molecule has 0 aliphatic rings. The van der Waals surface area contributed by atoms with Gasteiger partial charge in [0, 0.05) is 20.7 Å². The van der Waals surface area contributed by atoms with E-state index >= 15 is 4.57 Å². The van der Waals surface area contributed by atoms with E-state index in [1.807, 2.05) is 117 Å². The van der Waals surface area contributed by atoms with Crippen LogP contribution in [0, 0.1) is 13.8 Å². The first-order chi connectivity index (χ1) is 16.0. The monoisotopic (exact) mass is 466 g/mol. The van der Waals surface area contributed by atoms with Gasteiger partial charge in [0.2, 0.25) is 0 Å². The predicted molar refractivity (Wildman–Crippen MR) is 142 cm³/mol. The highest BCUT2D eigenvalue weighted by atomic mass is 32.1. The standard InChI is InChI=1S/C29H23O2PS/c1-20-12-16-23(17-13-20)32(31,24-18-14-21(2)15-19-24)28-27(30)25-10-6-7-11-26(25)33-29(28)22-8-4-3-5-9-22/h3-19H,1-2H3. The van der Waals surface area contributed by atoms with Crippen LogP contribution in [-0.4, -0.2) is 0 Å². The summed E-state index contributed by atoms with van der Waals surface area (Å²) in [5.41, 5.74) is 2.91. The minimum atomic E-state index is -3.46. The third-order valence-corrected chi connectivity index (χ3v) is 10.4. The number of benzene rings is 4. The van der Waals surface area contributed by atoms with Gasteiger partial charge in [0.1, 0.15) is 0 Å². The lowest BCUT2D eigenvalue weighted by atomic mass is 10.1. The van der Waals surface area contributed by atoms with Crippen molar-refractivity contribution >= 4 is 44.5 Å². The van der Waals surface area contributed by atoms with Crippen LogP contribution in [0.25, 0.3) is 20.5 Å². The molecule has 4 aromatic carbocycles. The van der Waals surface area contributed by atoms with Crippen LogP contribution in [0.1, 0.15) is 11.1 Å². The minimum Gasteiger partial charge on any atom is -0.308 e. The van der Waals surface area contributed by atoms with Gasteiger partial charge in [0.25, 0.3) is 0 Å². The van der Waals surface area contributed by atoms with Gasteiger partial charge < -0.3 is 4.57 Å². The fourth-order valence-electron chi connectivity index (χ4n) is 4.12. The largest absolute Gasteiger partial charge is 0.308 e. The van der Waals surface area contributed by atoms with Crippen molar-refractivity contribution in [2.24, 2.45) is 0 Å². The number of hydrogen-bond donors (Lipinski definition) is 0. The molecule has 33 heavy (non-hydrogen) atoms. The zero-order chi connectivity index (χ0) is 23.0. The Balaban J connectivity index is 1.95. The third kappa shape index (κ3) is 3.78. The maximum atomic E-state index is 15.3. The van der Waals surface area contributed by atoms with E-state index in [0.29, 0.717) is 21.3 Å². The minimum absolute atomic E-state index is 0.160. The molecule has 4 heteroatoms. The Morgan fingerprint density at radius 1 is 0.636 bits per heavy atom. The molecule has 0 aliphatic carbocycles. The van der Waals surface area contributed by atoms with E-state index < -0.39 is 7.14 Å². The summed E-state index contributed by atoms with van der Waals surface area (Å²) in [4.78, 5) is 14.9. The fourth-order valence-corrected chi connectivity index (χ4v) is 8.50. The Hall–Kier alpha value is -3.26. The Morgan fingerprint density at radius 3 is 1.73 bits per heavy atom. The molecular formula is C29H23O2PS. The van der Waals surface area contributed by atoms with Gasteiger partial charge in [-0.15, -0.1) is 11.3 Å². The van der Waals surface area contributed by atoms with Gasteiger partial charge in [-0.2, -0.15) is 0 Å². The van der Waals surface area contributed by atoms with E-state index in [2.05, 4.69) is 0 Å². The van der Waals surface area contributed by atoms with Crippen LogP contribution >= 0.6 is 18.5 Å². The summed E-state index contributed by atoms with van der Waals surface area (Å²) in [5.74, 6) is 0. The van der Waals surface area contributed by atoms with Gasteiger partial charge in [-0.1, -0.05) is 102 Å². The Bertz CT molecular complexity index is 1500. The van der Waals surface area contributed by atoms with Crippen molar-refractivity contribution in [2.45, 2.75) is 13.8 Å². The summed E-state index contributed by atoms with van der Waals surface area (Å²) in [6.45, 7) is 4.01. The summed E-state index contributed by atoms with van der Waals surface area (Å²) >= 11 is 1.53. The second-order valence-electron chi connectivity index (χ2n) is 8.25. The maximum Gasteiger partial charge on any atom is 0.200 e. The van der Waals surface area contributed by atoms with E-state index in [-0.39, 0.29) is 5.43 Å². The highest BCUT2D eigenvalue weighted by Gasteiger charge is 2.36. The van der Waals surface area contributed by atoms with Crippen molar-refractivity contribution in [1.82, 2.24) is 0 Å². The van der Waals surface area contributed by atoms with Gasteiger partial charge in [-0.05, 0) is 31.5 Å². The Morgan fingerprint density at radius 2 is 1.15 bits per heavy atom. The topological polar surface area (TPSA) is 34.1 Å². The molecule has 0 amide bonds. The first-order valence-corrected chi connectivity index (χ1v) is 13.4. The summed E-state index contributed by atoms with van der Waals surface area (Å²) in [5, 5.41) is 2.35. The van der Waals surface area contributed by atoms with E-state index in [4.69, 9.17) is 0 Å². The zero-order valence-electron chi connectivity index (χ0n) is 18.5. The molecule has 5 aromatic rings.